The summed E-state index contributed by atoms with van der Waals surface area (Å²) in [5.41, 5.74) is 6.89. The normalized spacial score (nSPS) is 13.9. The van der Waals surface area contributed by atoms with E-state index in [0.29, 0.717) is 17.0 Å². The number of aliphatic carboxylic acids is 1. The first-order valence-electron chi connectivity index (χ1n) is 8.28. The van der Waals surface area contributed by atoms with Gasteiger partial charge in [-0.1, -0.05) is 23.9 Å². The Morgan fingerprint density at radius 1 is 1.22 bits per heavy atom. The number of rotatable bonds is 7. The van der Waals surface area contributed by atoms with Crippen molar-refractivity contribution in [2.45, 2.75) is 28.7 Å². The van der Waals surface area contributed by atoms with Crippen LogP contribution in [0.1, 0.15) is 23.2 Å². The van der Waals surface area contributed by atoms with E-state index in [1.54, 1.807) is 24.3 Å². The number of hydrogen-bond donors (Lipinski definition) is 3. The first-order chi connectivity index (χ1) is 12.9. The van der Waals surface area contributed by atoms with Gasteiger partial charge in [0.1, 0.15) is 5.75 Å². The van der Waals surface area contributed by atoms with Gasteiger partial charge in [-0.2, -0.15) is 0 Å². The molecule has 0 saturated heterocycles. The van der Waals surface area contributed by atoms with Gasteiger partial charge in [-0.15, -0.1) is 0 Å². The van der Waals surface area contributed by atoms with Crippen molar-refractivity contribution < 1.29 is 24.2 Å². The van der Waals surface area contributed by atoms with E-state index in [1.807, 2.05) is 18.2 Å². The minimum atomic E-state index is -0.978. The molecule has 1 heterocycles. The van der Waals surface area contributed by atoms with Crippen molar-refractivity contribution in [3.05, 3.63) is 48.0 Å². The van der Waals surface area contributed by atoms with Crippen LogP contribution in [0.25, 0.3) is 0 Å². The van der Waals surface area contributed by atoms with Crippen molar-refractivity contribution in [2.75, 3.05) is 11.9 Å². The van der Waals surface area contributed by atoms with Crippen LogP contribution >= 0.6 is 11.8 Å². The molecule has 7 nitrogen and oxygen atoms in total. The molecule has 3 rings (SSSR count). The van der Waals surface area contributed by atoms with Gasteiger partial charge in [-0.25, -0.2) is 0 Å². The number of carbonyl (C=O) groups excluding carboxylic acids is 2. The maximum absolute atomic E-state index is 12.4. The molecule has 27 heavy (non-hydrogen) atoms. The first-order valence-corrected chi connectivity index (χ1v) is 9.10. The number of carbonyl (C=O) groups is 3. The van der Waals surface area contributed by atoms with Crippen molar-refractivity contribution in [1.29, 1.82) is 0 Å². The molecule has 4 N–H and O–H groups in total. The third-order valence-corrected chi connectivity index (χ3v) is 4.93. The molecule has 1 amide bonds. The molecule has 0 unspecified atom stereocenters. The van der Waals surface area contributed by atoms with Crippen LogP contribution in [-0.4, -0.2) is 35.4 Å². The van der Waals surface area contributed by atoms with Crippen LogP contribution in [0.15, 0.2) is 52.3 Å². The van der Waals surface area contributed by atoms with Crippen molar-refractivity contribution in [3.63, 3.8) is 0 Å². The van der Waals surface area contributed by atoms with Crippen LogP contribution in [0.4, 0.5) is 5.69 Å². The molecule has 2 aromatic rings. The summed E-state index contributed by atoms with van der Waals surface area (Å²) in [7, 11) is 0. The van der Waals surface area contributed by atoms with E-state index in [4.69, 9.17) is 15.6 Å². The Morgan fingerprint density at radius 2 is 2.00 bits per heavy atom. The second-order valence-electron chi connectivity index (χ2n) is 6.03. The number of amides is 1. The summed E-state index contributed by atoms with van der Waals surface area (Å²) in [5, 5.41) is 11.5. The van der Waals surface area contributed by atoms with Gasteiger partial charge in [0.05, 0.1) is 11.7 Å². The van der Waals surface area contributed by atoms with Gasteiger partial charge in [0.2, 0.25) is 0 Å². The number of ketones is 1. The number of fused-ring (bicyclic) bond motifs is 1. The Labute approximate surface area is 159 Å². The monoisotopic (exact) mass is 386 g/mol. The van der Waals surface area contributed by atoms with Gasteiger partial charge in [-0.3, -0.25) is 14.4 Å². The minimum Gasteiger partial charge on any atom is -0.482 e. The number of hydrogen-bond acceptors (Lipinski definition) is 6. The molecule has 0 radical (unpaired) electrons. The fourth-order valence-electron chi connectivity index (χ4n) is 2.59. The number of benzene rings is 2. The SMILES string of the molecule is N[C@@H](CCC(=O)O)C(=O)c1cccc(Sc2ccc3c(c2)OCC(=O)N3)c1. The highest BCUT2D eigenvalue weighted by Crippen LogP contribution is 2.35. The van der Waals surface area contributed by atoms with Gasteiger partial charge in [-0.05, 0) is 36.8 Å². The van der Waals surface area contributed by atoms with Crippen molar-refractivity contribution >= 4 is 35.1 Å². The lowest BCUT2D eigenvalue weighted by Gasteiger charge is -2.18. The predicted molar refractivity (Wildman–Crippen MR) is 100 cm³/mol. The summed E-state index contributed by atoms with van der Waals surface area (Å²) in [4.78, 5) is 36.1. The number of nitrogens with two attached hydrogens (primary N) is 1. The molecule has 1 aliphatic heterocycles. The van der Waals surface area contributed by atoms with E-state index in [1.165, 1.54) is 11.8 Å². The third-order valence-electron chi connectivity index (χ3n) is 3.95. The lowest BCUT2D eigenvalue weighted by Crippen LogP contribution is -2.31. The summed E-state index contributed by atoms with van der Waals surface area (Å²) in [6, 6.07) is 11.6. The zero-order chi connectivity index (χ0) is 19.4. The first kappa shape index (κ1) is 18.9. The average molecular weight is 386 g/mol. The van der Waals surface area contributed by atoms with E-state index in [0.717, 1.165) is 9.79 Å². The molecule has 140 valence electrons. The Morgan fingerprint density at radius 3 is 2.78 bits per heavy atom. The molecular weight excluding hydrogens is 368 g/mol. The number of Topliss-reactive ketones (excluding diaryl/α,β-unsaturated/α-hetero) is 1. The van der Waals surface area contributed by atoms with Crippen molar-refractivity contribution in [3.8, 4) is 5.75 Å². The van der Waals surface area contributed by atoms with E-state index in [-0.39, 0.29) is 31.1 Å². The molecular formula is C19H18N2O5S. The zero-order valence-corrected chi connectivity index (χ0v) is 15.1. The maximum Gasteiger partial charge on any atom is 0.303 e. The largest absolute Gasteiger partial charge is 0.482 e. The molecule has 8 heteroatoms. The van der Waals surface area contributed by atoms with E-state index in [9.17, 15) is 14.4 Å². The second kappa shape index (κ2) is 8.24. The maximum atomic E-state index is 12.4. The van der Waals surface area contributed by atoms with Crippen LogP contribution in [0.2, 0.25) is 0 Å². The zero-order valence-electron chi connectivity index (χ0n) is 14.3. The molecule has 0 aromatic heterocycles. The lowest BCUT2D eigenvalue weighted by molar-refractivity contribution is -0.137. The van der Waals surface area contributed by atoms with Crippen LogP contribution in [0, 0.1) is 0 Å². The molecule has 1 aliphatic rings. The molecule has 0 bridgehead atoms. The Balaban J connectivity index is 1.71. The van der Waals surface area contributed by atoms with Crippen molar-refractivity contribution in [1.82, 2.24) is 0 Å². The van der Waals surface area contributed by atoms with Gasteiger partial charge in [0.25, 0.3) is 5.91 Å². The van der Waals surface area contributed by atoms with Crippen LogP contribution in [-0.2, 0) is 9.59 Å². The standard InChI is InChI=1S/C19H18N2O5S/c20-14(5-7-18(23)24)19(25)11-2-1-3-12(8-11)27-13-4-6-15-16(9-13)26-10-17(22)21-15/h1-4,6,8-9,14H,5,7,10,20H2,(H,21,22)(H,23,24)/t14-/m0/s1. The third kappa shape index (κ3) is 4.87. The van der Waals surface area contributed by atoms with Gasteiger partial charge >= 0.3 is 5.97 Å². The fourth-order valence-corrected chi connectivity index (χ4v) is 3.50. The fraction of sp³-hybridized carbons (Fsp3) is 0.211. The van der Waals surface area contributed by atoms with E-state index >= 15 is 0 Å². The molecule has 0 aliphatic carbocycles. The predicted octanol–water partition coefficient (Wildman–Crippen LogP) is 2.54. The minimum absolute atomic E-state index is 0.0145. The van der Waals surface area contributed by atoms with Gasteiger partial charge < -0.3 is 20.9 Å². The number of ether oxygens (including phenoxy) is 1. The highest BCUT2D eigenvalue weighted by Gasteiger charge is 2.18. The lowest BCUT2D eigenvalue weighted by atomic mass is 10.0. The summed E-state index contributed by atoms with van der Waals surface area (Å²) in [6.07, 6.45) is -0.0492. The molecule has 1 atom stereocenters. The average Bonchev–Trinajstić information content (AvgIpc) is 2.65. The quantitative estimate of drug-likeness (QED) is 0.626. The summed E-state index contributed by atoms with van der Waals surface area (Å²) in [6.45, 7) is -0.0145. The Hall–Kier alpha value is -2.84. The van der Waals surface area contributed by atoms with Crippen LogP contribution in [0.3, 0.4) is 0 Å². The van der Waals surface area contributed by atoms with Crippen LogP contribution in [0.5, 0.6) is 5.75 Å². The number of anilines is 1. The molecule has 0 saturated carbocycles. The van der Waals surface area contributed by atoms with E-state index < -0.39 is 12.0 Å². The summed E-state index contributed by atoms with van der Waals surface area (Å²) in [5.74, 6) is -0.848. The molecule has 2 aromatic carbocycles. The van der Waals surface area contributed by atoms with Crippen LogP contribution < -0.4 is 15.8 Å². The highest BCUT2D eigenvalue weighted by atomic mass is 32.2. The highest BCUT2D eigenvalue weighted by molar-refractivity contribution is 7.99. The molecule has 0 spiro atoms. The number of nitrogens with one attached hydrogen (secondary N) is 1. The number of carboxylic acids is 1. The smallest absolute Gasteiger partial charge is 0.303 e. The Kier molecular flexibility index (Phi) is 5.78. The second-order valence-corrected chi connectivity index (χ2v) is 7.17. The topological polar surface area (TPSA) is 119 Å². The van der Waals surface area contributed by atoms with Gasteiger partial charge in [0, 0.05) is 21.8 Å². The van der Waals surface area contributed by atoms with Crippen molar-refractivity contribution in [2.24, 2.45) is 5.73 Å². The number of carboxylic acid groups (broad SMARTS) is 1. The summed E-state index contributed by atoms with van der Waals surface area (Å²) < 4.78 is 5.41. The van der Waals surface area contributed by atoms with Gasteiger partial charge in [0.15, 0.2) is 12.4 Å². The summed E-state index contributed by atoms with van der Waals surface area (Å²) >= 11 is 1.44. The molecule has 0 fully saturated rings. The van der Waals surface area contributed by atoms with E-state index in [2.05, 4.69) is 5.32 Å². The Bertz CT molecular complexity index is 899.